The molecule has 10 heteroatoms. The van der Waals surface area contributed by atoms with Gasteiger partial charge in [-0.15, -0.1) is 0 Å². The molecule has 1 heterocycles. The average molecular weight is 314 g/mol. The zero-order valence-electron chi connectivity index (χ0n) is 10.2. The highest BCUT2D eigenvalue weighted by molar-refractivity contribution is 7.90. The van der Waals surface area contributed by atoms with E-state index in [0.29, 0.717) is 0 Å². The standard InChI is InChI=1S/C10H8ClN5O3S/c1-20(18,19)10-14-6-7(11)8(15-10)9(17)16(4-2-12)5-3-13/h6H,4-5H2,1H3. The van der Waals surface area contributed by atoms with Crippen LogP contribution < -0.4 is 0 Å². The van der Waals surface area contributed by atoms with E-state index < -0.39 is 20.9 Å². The highest BCUT2D eigenvalue weighted by atomic mass is 35.5. The summed E-state index contributed by atoms with van der Waals surface area (Å²) in [6.07, 6.45) is 1.86. The molecule has 0 saturated carbocycles. The smallest absolute Gasteiger partial charge is 0.275 e. The van der Waals surface area contributed by atoms with Crippen LogP contribution in [0.1, 0.15) is 10.5 Å². The van der Waals surface area contributed by atoms with Crippen molar-refractivity contribution >= 4 is 27.3 Å². The molecule has 0 aliphatic heterocycles. The summed E-state index contributed by atoms with van der Waals surface area (Å²) in [6.45, 7) is -0.693. The van der Waals surface area contributed by atoms with Gasteiger partial charge in [-0.05, 0) is 0 Å². The van der Waals surface area contributed by atoms with Crippen LogP contribution in [0.25, 0.3) is 0 Å². The number of hydrogen-bond donors (Lipinski definition) is 0. The lowest BCUT2D eigenvalue weighted by Crippen LogP contribution is -2.33. The summed E-state index contributed by atoms with van der Waals surface area (Å²) in [6, 6.07) is 3.43. The third-order valence-corrected chi connectivity index (χ3v) is 3.20. The molecular weight excluding hydrogens is 306 g/mol. The lowest BCUT2D eigenvalue weighted by atomic mass is 10.3. The number of carbonyl (C=O) groups is 1. The number of aromatic nitrogens is 2. The van der Waals surface area contributed by atoms with E-state index in [2.05, 4.69) is 9.97 Å². The summed E-state index contributed by atoms with van der Waals surface area (Å²) in [5.41, 5.74) is -0.368. The Balaban J connectivity index is 3.28. The summed E-state index contributed by atoms with van der Waals surface area (Å²) >= 11 is 5.75. The predicted octanol–water partition coefficient (Wildman–Crippen LogP) is 0.0229. The molecule has 0 saturated heterocycles. The second-order valence-corrected chi connectivity index (χ2v) is 5.92. The third kappa shape index (κ3) is 3.63. The topological polar surface area (TPSA) is 128 Å². The van der Waals surface area contributed by atoms with Crippen LogP contribution in [0.5, 0.6) is 0 Å². The minimum atomic E-state index is -3.71. The van der Waals surface area contributed by atoms with E-state index in [9.17, 15) is 13.2 Å². The Labute approximate surface area is 120 Å². The Bertz CT molecular complexity index is 703. The highest BCUT2D eigenvalue weighted by Crippen LogP contribution is 2.16. The number of carbonyl (C=O) groups excluding carboxylic acids is 1. The molecule has 1 rings (SSSR count). The van der Waals surface area contributed by atoms with Gasteiger partial charge in [0.1, 0.15) is 13.1 Å². The van der Waals surface area contributed by atoms with Crippen molar-refractivity contribution in [1.29, 1.82) is 10.5 Å². The third-order valence-electron chi connectivity index (χ3n) is 2.07. The molecule has 104 valence electrons. The summed E-state index contributed by atoms with van der Waals surface area (Å²) in [5.74, 6) is -0.814. The lowest BCUT2D eigenvalue weighted by Gasteiger charge is -2.15. The zero-order chi connectivity index (χ0) is 15.3. The molecule has 0 N–H and O–H groups in total. The molecule has 0 radical (unpaired) electrons. The first-order valence-electron chi connectivity index (χ1n) is 5.07. The fourth-order valence-corrected chi connectivity index (χ4v) is 1.87. The summed E-state index contributed by atoms with van der Waals surface area (Å²) < 4.78 is 22.7. The minimum Gasteiger partial charge on any atom is -0.311 e. The van der Waals surface area contributed by atoms with E-state index in [0.717, 1.165) is 17.4 Å². The van der Waals surface area contributed by atoms with E-state index in [1.165, 1.54) is 0 Å². The van der Waals surface area contributed by atoms with Gasteiger partial charge in [-0.3, -0.25) is 4.79 Å². The molecule has 0 spiro atoms. The molecule has 8 nitrogen and oxygen atoms in total. The Kier molecular flexibility index (Phi) is 4.97. The molecule has 1 aromatic heterocycles. The molecule has 0 aliphatic rings. The SMILES string of the molecule is CS(=O)(=O)c1ncc(Cl)c(C(=O)N(CC#N)CC#N)n1. The normalized spacial score (nSPS) is 10.4. The quantitative estimate of drug-likeness (QED) is 0.566. The molecule has 0 fully saturated rings. The monoisotopic (exact) mass is 313 g/mol. The Hall–Kier alpha value is -2.23. The van der Waals surface area contributed by atoms with Crippen molar-refractivity contribution < 1.29 is 13.2 Å². The first-order valence-corrected chi connectivity index (χ1v) is 7.34. The molecule has 1 aromatic rings. The minimum absolute atomic E-state index is 0.164. The van der Waals surface area contributed by atoms with E-state index in [1.807, 2.05) is 0 Å². The summed E-state index contributed by atoms with van der Waals surface area (Å²) in [7, 11) is -3.71. The van der Waals surface area contributed by atoms with Crippen LogP contribution in [0.4, 0.5) is 0 Å². The van der Waals surface area contributed by atoms with Crippen LogP contribution in [0.15, 0.2) is 11.4 Å². The van der Waals surface area contributed by atoms with E-state index in [4.69, 9.17) is 22.1 Å². The van der Waals surface area contributed by atoms with Gasteiger partial charge in [-0.25, -0.2) is 18.4 Å². The van der Waals surface area contributed by atoms with Crippen LogP contribution in [-0.2, 0) is 9.84 Å². The second kappa shape index (κ2) is 6.28. The van der Waals surface area contributed by atoms with Crippen molar-refractivity contribution in [2.45, 2.75) is 5.16 Å². The predicted molar refractivity (Wildman–Crippen MR) is 67.3 cm³/mol. The van der Waals surface area contributed by atoms with Gasteiger partial charge in [-0.2, -0.15) is 10.5 Å². The maximum Gasteiger partial charge on any atom is 0.275 e. The molecular formula is C10H8ClN5O3S. The summed E-state index contributed by atoms with van der Waals surface area (Å²) in [4.78, 5) is 20.1. The number of hydrogen-bond acceptors (Lipinski definition) is 7. The molecule has 0 unspecified atom stereocenters. The lowest BCUT2D eigenvalue weighted by molar-refractivity contribution is 0.0788. The van der Waals surface area contributed by atoms with Gasteiger partial charge in [0.15, 0.2) is 5.69 Å². The first kappa shape index (κ1) is 15.8. The van der Waals surface area contributed by atoms with Gasteiger partial charge >= 0.3 is 0 Å². The Morgan fingerprint density at radius 1 is 1.40 bits per heavy atom. The van der Waals surface area contributed by atoms with Crippen molar-refractivity contribution in [3.63, 3.8) is 0 Å². The Morgan fingerprint density at radius 2 is 1.95 bits per heavy atom. The zero-order valence-corrected chi connectivity index (χ0v) is 11.8. The van der Waals surface area contributed by atoms with Crippen molar-refractivity contribution in [3.05, 3.63) is 16.9 Å². The van der Waals surface area contributed by atoms with Crippen molar-refractivity contribution in [1.82, 2.24) is 14.9 Å². The van der Waals surface area contributed by atoms with Crippen LogP contribution in [0, 0.1) is 22.7 Å². The molecule has 0 bridgehead atoms. The molecule has 0 aliphatic carbocycles. The second-order valence-electron chi connectivity index (χ2n) is 3.60. The fourth-order valence-electron chi connectivity index (χ4n) is 1.20. The van der Waals surface area contributed by atoms with Gasteiger partial charge in [0.2, 0.25) is 15.0 Å². The van der Waals surface area contributed by atoms with Crippen molar-refractivity contribution in [2.75, 3.05) is 19.3 Å². The number of halogens is 1. The highest BCUT2D eigenvalue weighted by Gasteiger charge is 2.23. The van der Waals surface area contributed by atoms with Crippen LogP contribution in [0.3, 0.4) is 0 Å². The molecule has 0 aromatic carbocycles. The Morgan fingerprint density at radius 3 is 2.40 bits per heavy atom. The number of nitrogens with zero attached hydrogens (tertiary/aromatic N) is 5. The van der Waals surface area contributed by atoms with Gasteiger partial charge in [0.05, 0.1) is 23.4 Å². The van der Waals surface area contributed by atoms with Crippen LogP contribution >= 0.6 is 11.6 Å². The van der Waals surface area contributed by atoms with Crippen LogP contribution in [0.2, 0.25) is 5.02 Å². The number of amides is 1. The van der Waals surface area contributed by atoms with Crippen molar-refractivity contribution in [2.24, 2.45) is 0 Å². The van der Waals surface area contributed by atoms with Crippen molar-refractivity contribution in [3.8, 4) is 12.1 Å². The van der Waals surface area contributed by atoms with Gasteiger partial charge < -0.3 is 4.90 Å². The maximum absolute atomic E-state index is 12.1. The molecule has 0 atom stereocenters. The summed E-state index contributed by atoms with van der Waals surface area (Å²) in [5, 5.41) is 16.5. The van der Waals surface area contributed by atoms with E-state index in [-0.39, 0.29) is 23.8 Å². The number of sulfone groups is 1. The molecule has 20 heavy (non-hydrogen) atoms. The fraction of sp³-hybridized carbons (Fsp3) is 0.300. The van der Waals surface area contributed by atoms with E-state index in [1.54, 1.807) is 12.1 Å². The largest absolute Gasteiger partial charge is 0.311 e. The van der Waals surface area contributed by atoms with Gasteiger partial charge in [-0.1, -0.05) is 11.6 Å². The number of rotatable bonds is 4. The number of nitriles is 2. The first-order chi connectivity index (χ1) is 9.31. The molecule has 1 amide bonds. The maximum atomic E-state index is 12.1. The van der Waals surface area contributed by atoms with Gasteiger partial charge in [0, 0.05) is 6.26 Å². The van der Waals surface area contributed by atoms with Gasteiger partial charge in [0.25, 0.3) is 5.91 Å². The van der Waals surface area contributed by atoms with E-state index >= 15 is 0 Å². The van der Waals surface area contributed by atoms with Crippen LogP contribution in [-0.4, -0.2) is 48.5 Å². The average Bonchev–Trinajstić information content (AvgIpc) is 2.37.